The van der Waals surface area contributed by atoms with Gasteiger partial charge < -0.3 is 9.47 Å². The number of carbonyl (C=O) groups excluding carboxylic acids is 1. The lowest BCUT2D eigenvalue weighted by molar-refractivity contribution is -0.137. The Labute approximate surface area is 153 Å². The van der Waals surface area contributed by atoms with E-state index in [1.165, 1.54) is 11.0 Å². The fourth-order valence-corrected chi connectivity index (χ4v) is 2.86. The van der Waals surface area contributed by atoms with Crippen molar-refractivity contribution in [1.29, 1.82) is 0 Å². The lowest BCUT2D eigenvalue weighted by atomic mass is 10.1. The highest BCUT2D eigenvalue weighted by Gasteiger charge is 2.34. The molecule has 1 aromatic rings. The number of hydrogen-bond acceptors (Lipinski definition) is 3. The summed E-state index contributed by atoms with van der Waals surface area (Å²) >= 11 is 3.27. The van der Waals surface area contributed by atoms with Crippen LogP contribution >= 0.6 is 15.9 Å². The molecule has 1 atom stereocenters. The van der Waals surface area contributed by atoms with E-state index in [4.69, 9.17) is 9.47 Å². The molecule has 0 saturated carbocycles. The van der Waals surface area contributed by atoms with Crippen LogP contribution in [0.4, 0.5) is 18.0 Å². The largest absolute Gasteiger partial charge is 0.444 e. The van der Waals surface area contributed by atoms with Gasteiger partial charge in [-0.05, 0) is 51.0 Å². The zero-order valence-corrected chi connectivity index (χ0v) is 15.9. The van der Waals surface area contributed by atoms with Crippen molar-refractivity contribution in [3.63, 3.8) is 0 Å². The second kappa shape index (κ2) is 7.53. The molecule has 1 aliphatic heterocycles. The predicted molar refractivity (Wildman–Crippen MR) is 90.1 cm³/mol. The molecule has 4 nitrogen and oxygen atoms in total. The fraction of sp³-hybridized carbons (Fsp3) is 0.588. The molecule has 1 saturated heterocycles. The Morgan fingerprint density at radius 1 is 1.36 bits per heavy atom. The summed E-state index contributed by atoms with van der Waals surface area (Å²) in [6.45, 7) is 6.09. The van der Waals surface area contributed by atoms with E-state index < -0.39 is 23.4 Å². The van der Waals surface area contributed by atoms with Gasteiger partial charge in [-0.3, -0.25) is 4.90 Å². The Bertz CT molecular complexity index is 623. The molecular formula is C17H21BrF3NO3. The highest BCUT2D eigenvalue weighted by atomic mass is 79.9. The Morgan fingerprint density at radius 2 is 2.04 bits per heavy atom. The first-order valence-corrected chi connectivity index (χ1v) is 8.69. The molecule has 0 radical (unpaired) electrons. The third kappa shape index (κ3) is 5.60. The van der Waals surface area contributed by atoms with E-state index in [9.17, 15) is 18.0 Å². The van der Waals surface area contributed by atoms with Gasteiger partial charge in [-0.15, -0.1) is 0 Å². The van der Waals surface area contributed by atoms with Crippen molar-refractivity contribution < 1.29 is 27.4 Å². The fourth-order valence-electron chi connectivity index (χ4n) is 2.49. The van der Waals surface area contributed by atoms with Gasteiger partial charge in [0, 0.05) is 11.1 Å². The summed E-state index contributed by atoms with van der Waals surface area (Å²) in [5.41, 5.74) is -1.08. The zero-order valence-electron chi connectivity index (χ0n) is 14.3. The predicted octanol–water partition coefficient (Wildman–Crippen LogP) is 4.99. The van der Waals surface area contributed by atoms with E-state index in [0.29, 0.717) is 29.7 Å². The summed E-state index contributed by atoms with van der Waals surface area (Å²) in [5, 5.41) is 0. The molecule has 25 heavy (non-hydrogen) atoms. The number of hydrogen-bond donors (Lipinski definition) is 0. The molecule has 1 unspecified atom stereocenters. The molecule has 1 heterocycles. The van der Waals surface area contributed by atoms with Crippen molar-refractivity contribution in [3.8, 4) is 0 Å². The highest BCUT2D eigenvalue weighted by Crippen LogP contribution is 2.33. The molecule has 0 spiro atoms. The third-order valence-corrected chi connectivity index (χ3v) is 4.46. The molecule has 2 rings (SSSR count). The van der Waals surface area contributed by atoms with Crippen molar-refractivity contribution in [2.45, 2.75) is 51.6 Å². The summed E-state index contributed by atoms with van der Waals surface area (Å²) < 4.78 is 50.2. The van der Waals surface area contributed by atoms with Crippen LogP contribution in [0.25, 0.3) is 0 Å². The number of nitrogens with zero attached hydrogens (tertiary/aromatic N) is 1. The van der Waals surface area contributed by atoms with Gasteiger partial charge in [0.1, 0.15) is 5.60 Å². The summed E-state index contributed by atoms with van der Waals surface area (Å²) in [6.07, 6.45) is -4.38. The maximum absolute atomic E-state index is 13.0. The van der Waals surface area contributed by atoms with Crippen LogP contribution < -0.4 is 0 Å². The van der Waals surface area contributed by atoms with Crippen LogP contribution in [-0.2, 0) is 22.2 Å². The Kier molecular flexibility index (Phi) is 6.04. The Balaban J connectivity index is 2.28. The quantitative estimate of drug-likeness (QED) is 0.686. The monoisotopic (exact) mass is 423 g/mol. The lowest BCUT2D eigenvalue weighted by Crippen LogP contribution is -2.43. The molecule has 0 aromatic heterocycles. The van der Waals surface area contributed by atoms with Crippen LogP contribution in [0.5, 0.6) is 0 Å². The van der Waals surface area contributed by atoms with Gasteiger partial charge >= 0.3 is 12.3 Å². The van der Waals surface area contributed by atoms with Crippen LogP contribution in [0.2, 0.25) is 0 Å². The minimum absolute atomic E-state index is 0.00738. The van der Waals surface area contributed by atoms with E-state index in [1.54, 1.807) is 20.8 Å². The molecule has 0 N–H and O–H groups in total. The van der Waals surface area contributed by atoms with Gasteiger partial charge in [-0.1, -0.05) is 15.9 Å². The average molecular weight is 424 g/mol. The number of rotatable bonds is 3. The molecule has 0 bridgehead atoms. The standard InChI is InChI=1S/C17H21BrF3NO3/c1-16(2,3)25-15(23)22(13-6-7-24-10-13)9-11-8-12(17(19,20)21)4-5-14(11)18/h4-5,8,13H,6-7,9-10H2,1-3H3. The van der Waals surface area contributed by atoms with E-state index in [1.807, 2.05) is 0 Å². The van der Waals surface area contributed by atoms with Gasteiger partial charge in [0.05, 0.1) is 24.8 Å². The van der Waals surface area contributed by atoms with E-state index in [-0.39, 0.29) is 12.6 Å². The van der Waals surface area contributed by atoms with E-state index >= 15 is 0 Å². The highest BCUT2D eigenvalue weighted by molar-refractivity contribution is 9.10. The van der Waals surface area contributed by atoms with Crippen LogP contribution in [0.3, 0.4) is 0 Å². The number of alkyl halides is 3. The van der Waals surface area contributed by atoms with Crippen LogP contribution in [0.15, 0.2) is 22.7 Å². The molecular weight excluding hydrogens is 403 g/mol. The number of benzene rings is 1. The number of amides is 1. The first-order chi connectivity index (χ1) is 11.5. The van der Waals surface area contributed by atoms with E-state index in [0.717, 1.165) is 12.1 Å². The molecule has 1 amide bonds. The normalized spacial score (nSPS) is 18.3. The van der Waals surface area contributed by atoms with Gasteiger partial charge in [-0.25, -0.2) is 4.79 Å². The minimum Gasteiger partial charge on any atom is -0.444 e. The molecule has 140 valence electrons. The second-order valence-corrected chi connectivity index (χ2v) is 7.78. The van der Waals surface area contributed by atoms with Crippen molar-refractivity contribution in [2.24, 2.45) is 0 Å². The van der Waals surface area contributed by atoms with Crippen molar-refractivity contribution >= 4 is 22.0 Å². The summed E-state index contributed by atoms with van der Waals surface area (Å²) in [7, 11) is 0. The molecule has 1 fully saturated rings. The molecule has 0 aliphatic carbocycles. The van der Waals surface area contributed by atoms with Gasteiger partial charge in [0.15, 0.2) is 0 Å². The Morgan fingerprint density at radius 3 is 2.56 bits per heavy atom. The number of carbonyl (C=O) groups is 1. The topological polar surface area (TPSA) is 38.8 Å². The Hall–Kier alpha value is -1.28. The molecule has 8 heteroatoms. The van der Waals surface area contributed by atoms with Gasteiger partial charge in [0.25, 0.3) is 0 Å². The minimum atomic E-state index is -4.44. The second-order valence-electron chi connectivity index (χ2n) is 6.93. The molecule has 1 aromatic carbocycles. The first-order valence-electron chi connectivity index (χ1n) is 7.90. The summed E-state index contributed by atoms with van der Waals surface area (Å²) in [4.78, 5) is 14.0. The van der Waals surface area contributed by atoms with Crippen LogP contribution in [0, 0.1) is 0 Å². The summed E-state index contributed by atoms with van der Waals surface area (Å²) in [5.74, 6) is 0. The van der Waals surface area contributed by atoms with Crippen molar-refractivity contribution in [1.82, 2.24) is 4.90 Å². The summed E-state index contributed by atoms with van der Waals surface area (Å²) in [6, 6.07) is 3.18. The average Bonchev–Trinajstić information content (AvgIpc) is 2.96. The zero-order chi connectivity index (χ0) is 18.8. The first kappa shape index (κ1) is 20.0. The maximum atomic E-state index is 13.0. The third-order valence-electron chi connectivity index (χ3n) is 3.69. The molecule has 1 aliphatic rings. The van der Waals surface area contributed by atoms with Crippen LogP contribution in [0.1, 0.15) is 38.3 Å². The van der Waals surface area contributed by atoms with E-state index in [2.05, 4.69) is 15.9 Å². The smallest absolute Gasteiger partial charge is 0.416 e. The van der Waals surface area contributed by atoms with Gasteiger partial charge in [-0.2, -0.15) is 13.2 Å². The maximum Gasteiger partial charge on any atom is 0.416 e. The number of halogens is 4. The van der Waals surface area contributed by atoms with Crippen molar-refractivity contribution in [2.75, 3.05) is 13.2 Å². The van der Waals surface area contributed by atoms with Gasteiger partial charge in [0.2, 0.25) is 0 Å². The van der Waals surface area contributed by atoms with Crippen LogP contribution in [-0.4, -0.2) is 35.8 Å². The number of ether oxygens (including phenoxy) is 2. The van der Waals surface area contributed by atoms with Crippen molar-refractivity contribution in [3.05, 3.63) is 33.8 Å². The SMILES string of the molecule is CC(C)(C)OC(=O)N(Cc1cc(C(F)(F)F)ccc1Br)C1CCOC1. The lowest BCUT2D eigenvalue weighted by Gasteiger charge is -2.31.